The van der Waals surface area contributed by atoms with Crippen molar-refractivity contribution in [2.75, 3.05) is 39.4 Å². The van der Waals surface area contributed by atoms with Gasteiger partial charge < -0.3 is 15.4 Å². The molecule has 0 amide bonds. The number of fused-ring (bicyclic) bond motifs is 1. The summed E-state index contributed by atoms with van der Waals surface area (Å²) in [5.74, 6) is 2.32. The number of morpholine rings is 1. The molecule has 1 aliphatic heterocycles. The minimum atomic E-state index is 0.478. The molecule has 1 unspecified atom stereocenters. The quantitative estimate of drug-likeness (QED) is 0.494. The third-order valence-electron chi connectivity index (χ3n) is 5.69. The number of aliphatic imine (C=N–C) groups is 1. The summed E-state index contributed by atoms with van der Waals surface area (Å²) in [5, 5.41) is 15.4. The van der Waals surface area contributed by atoms with Crippen molar-refractivity contribution in [2.24, 2.45) is 10.9 Å². The van der Waals surface area contributed by atoms with E-state index in [2.05, 4.69) is 46.5 Å². The fraction of sp³-hybridized carbons (Fsp3) is 0.667. The van der Waals surface area contributed by atoms with Gasteiger partial charge >= 0.3 is 0 Å². The van der Waals surface area contributed by atoms with Crippen LogP contribution < -0.4 is 10.6 Å². The highest BCUT2D eigenvalue weighted by Crippen LogP contribution is 2.19. The van der Waals surface area contributed by atoms with Crippen LogP contribution >= 0.6 is 0 Å². The van der Waals surface area contributed by atoms with Gasteiger partial charge in [-0.2, -0.15) is 0 Å². The number of nitrogens with one attached hydrogen (secondary N) is 2. The number of rotatable bonds is 9. The molecule has 8 nitrogen and oxygen atoms in total. The fourth-order valence-electron chi connectivity index (χ4n) is 4.03. The first-order valence-corrected chi connectivity index (χ1v) is 10.9. The summed E-state index contributed by atoms with van der Waals surface area (Å²) in [6.07, 6.45) is 4.33. The molecule has 1 saturated heterocycles. The molecular weight excluding hydrogens is 366 g/mol. The lowest BCUT2D eigenvalue weighted by molar-refractivity contribution is 0.00272. The van der Waals surface area contributed by atoms with E-state index in [4.69, 9.17) is 9.73 Å². The maximum Gasteiger partial charge on any atom is 0.191 e. The van der Waals surface area contributed by atoms with Crippen molar-refractivity contribution in [3.8, 4) is 0 Å². The second-order valence-electron chi connectivity index (χ2n) is 7.41. The predicted octanol–water partition coefficient (Wildman–Crippen LogP) is 1.92. The SMILES string of the molecule is CCNC(=NCc1nnc2ccccn12)NCC(C(CC)CC)N1CCOCC1. The topological polar surface area (TPSA) is 79.1 Å². The van der Waals surface area contributed by atoms with Gasteiger partial charge in [0, 0.05) is 38.4 Å². The molecule has 2 aromatic rings. The molecule has 0 radical (unpaired) electrons. The van der Waals surface area contributed by atoms with Crippen molar-refractivity contribution < 1.29 is 4.74 Å². The van der Waals surface area contributed by atoms with Crippen molar-refractivity contribution in [3.05, 3.63) is 30.2 Å². The second-order valence-corrected chi connectivity index (χ2v) is 7.41. The van der Waals surface area contributed by atoms with Crippen molar-refractivity contribution in [3.63, 3.8) is 0 Å². The molecule has 1 fully saturated rings. The summed E-state index contributed by atoms with van der Waals surface area (Å²) in [5.41, 5.74) is 0.844. The fourth-order valence-corrected chi connectivity index (χ4v) is 4.03. The first-order chi connectivity index (χ1) is 14.3. The van der Waals surface area contributed by atoms with Gasteiger partial charge in [0.15, 0.2) is 17.4 Å². The Kier molecular flexibility index (Phi) is 8.25. The average Bonchev–Trinajstić information content (AvgIpc) is 3.18. The number of pyridine rings is 1. The maximum absolute atomic E-state index is 5.56. The maximum atomic E-state index is 5.56. The Morgan fingerprint density at radius 2 is 1.93 bits per heavy atom. The molecular formula is C21H35N7O. The van der Waals surface area contributed by atoms with Crippen LogP contribution in [0.5, 0.6) is 0 Å². The molecule has 2 N–H and O–H groups in total. The van der Waals surface area contributed by atoms with Crippen LogP contribution in [-0.4, -0.2) is 70.9 Å². The monoisotopic (exact) mass is 401 g/mol. The third-order valence-corrected chi connectivity index (χ3v) is 5.69. The van der Waals surface area contributed by atoms with Crippen LogP contribution in [0.4, 0.5) is 0 Å². The Balaban J connectivity index is 1.67. The Morgan fingerprint density at radius 1 is 1.14 bits per heavy atom. The van der Waals surface area contributed by atoms with E-state index in [0.29, 0.717) is 18.5 Å². The van der Waals surface area contributed by atoms with Crippen LogP contribution in [0.2, 0.25) is 0 Å². The van der Waals surface area contributed by atoms with E-state index in [0.717, 1.165) is 56.8 Å². The van der Waals surface area contributed by atoms with Crippen LogP contribution in [-0.2, 0) is 11.3 Å². The summed E-state index contributed by atoms with van der Waals surface area (Å²) in [6.45, 7) is 12.5. The zero-order valence-electron chi connectivity index (χ0n) is 18.0. The standard InChI is InChI=1S/C21H35N7O/c1-4-17(5-2)18(27-11-13-29-14-12-27)15-23-21(22-6-3)24-16-20-26-25-19-9-7-8-10-28(19)20/h7-10,17-18H,4-6,11-16H2,1-3H3,(H2,22,23,24). The van der Waals surface area contributed by atoms with E-state index in [1.807, 2.05) is 28.8 Å². The summed E-state index contributed by atoms with van der Waals surface area (Å²) < 4.78 is 7.54. The molecule has 1 atom stereocenters. The van der Waals surface area contributed by atoms with Gasteiger partial charge in [0.2, 0.25) is 0 Å². The summed E-state index contributed by atoms with van der Waals surface area (Å²) in [4.78, 5) is 7.34. The lowest BCUT2D eigenvalue weighted by Crippen LogP contribution is -2.53. The second kappa shape index (κ2) is 11.1. The minimum absolute atomic E-state index is 0.478. The first kappa shape index (κ1) is 21.5. The van der Waals surface area contributed by atoms with Gasteiger partial charge in [0.25, 0.3) is 0 Å². The lowest BCUT2D eigenvalue weighted by Gasteiger charge is -2.39. The lowest BCUT2D eigenvalue weighted by atomic mass is 9.92. The molecule has 0 aliphatic carbocycles. The van der Waals surface area contributed by atoms with Gasteiger partial charge in [-0.25, -0.2) is 4.99 Å². The normalized spacial score (nSPS) is 17.0. The highest BCUT2D eigenvalue weighted by Gasteiger charge is 2.27. The number of hydrogen-bond acceptors (Lipinski definition) is 5. The average molecular weight is 402 g/mol. The molecule has 3 rings (SSSR count). The van der Waals surface area contributed by atoms with E-state index in [1.54, 1.807) is 0 Å². The van der Waals surface area contributed by atoms with Gasteiger partial charge in [-0.15, -0.1) is 10.2 Å². The van der Waals surface area contributed by atoms with Crippen molar-refractivity contribution >= 4 is 11.6 Å². The molecule has 3 heterocycles. The van der Waals surface area contributed by atoms with Gasteiger partial charge in [0.1, 0.15) is 6.54 Å². The molecule has 0 bridgehead atoms. The molecule has 1 aliphatic rings. The van der Waals surface area contributed by atoms with Crippen LogP contribution in [0, 0.1) is 5.92 Å². The van der Waals surface area contributed by atoms with E-state index in [9.17, 15) is 0 Å². The smallest absolute Gasteiger partial charge is 0.191 e. The van der Waals surface area contributed by atoms with Gasteiger partial charge in [-0.05, 0) is 25.0 Å². The van der Waals surface area contributed by atoms with E-state index >= 15 is 0 Å². The molecule has 2 aromatic heterocycles. The minimum Gasteiger partial charge on any atom is -0.379 e. The van der Waals surface area contributed by atoms with E-state index in [-0.39, 0.29) is 0 Å². The Morgan fingerprint density at radius 3 is 2.66 bits per heavy atom. The van der Waals surface area contributed by atoms with Crippen molar-refractivity contribution in [1.29, 1.82) is 0 Å². The van der Waals surface area contributed by atoms with Crippen LogP contribution in [0.15, 0.2) is 29.4 Å². The number of hydrogen-bond donors (Lipinski definition) is 2. The zero-order valence-corrected chi connectivity index (χ0v) is 18.0. The number of ether oxygens (including phenoxy) is 1. The molecule has 0 saturated carbocycles. The number of nitrogens with zero attached hydrogens (tertiary/aromatic N) is 5. The number of aromatic nitrogens is 3. The Bertz CT molecular complexity index is 765. The Labute approximate surface area is 173 Å². The van der Waals surface area contributed by atoms with E-state index in [1.165, 1.54) is 12.8 Å². The first-order valence-electron chi connectivity index (χ1n) is 10.9. The van der Waals surface area contributed by atoms with Crippen molar-refractivity contribution in [1.82, 2.24) is 30.1 Å². The molecule has 8 heteroatoms. The van der Waals surface area contributed by atoms with Gasteiger partial charge in [-0.1, -0.05) is 32.8 Å². The molecule has 160 valence electrons. The van der Waals surface area contributed by atoms with E-state index < -0.39 is 0 Å². The number of guanidine groups is 1. The van der Waals surface area contributed by atoms with Crippen LogP contribution in [0.1, 0.15) is 39.4 Å². The molecule has 0 aromatic carbocycles. The van der Waals surface area contributed by atoms with Gasteiger partial charge in [0.05, 0.1) is 13.2 Å². The molecule has 0 spiro atoms. The zero-order chi connectivity index (χ0) is 20.5. The third kappa shape index (κ3) is 5.67. The highest BCUT2D eigenvalue weighted by atomic mass is 16.5. The summed E-state index contributed by atoms with van der Waals surface area (Å²) in [7, 11) is 0. The summed E-state index contributed by atoms with van der Waals surface area (Å²) >= 11 is 0. The Hall–Kier alpha value is -2.19. The predicted molar refractivity (Wildman–Crippen MR) is 116 cm³/mol. The van der Waals surface area contributed by atoms with Crippen LogP contribution in [0.25, 0.3) is 5.65 Å². The largest absolute Gasteiger partial charge is 0.379 e. The molecule has 29 heavy (non-hydrogen) atoms. The van der Waals surface area contributed by atoms with Crippen LogP contribution in [0.3, 0.4) is 0 Å². The highest BCUT2D eigenvalue weighted by molar-refractivity contribution is 5.79. The van der Waals surface area contributed by atoms with Gasteiger partial charge in [-0.3, -0.25) is 9.30 Å². The van der Waals surface area contributed by atoms with Crippen molar-refractivity contribution in [2.45, 2.75) is 46.2 Å². The summed E-state index contributed by atoms with van der Waals surface area (Å²) in [6, 6.07) is 6.38.